The number of hydrogen-bond acceptors (Lipinski definition) is 2. The number of aliphatic hydroxyl groups is 1. The highest BCUT2D eigenvalue weighted by Gasteiger charge is 2.36. The van der Waals surface area contributed by atoms with Gasteiger partial charge in [0, 0.05) is 12.0 Å². The molecule has 0 saturated heterocycles. The van der Waals surface area contributed by atoms with Crippen LogP contribution in [-0.2, 0) is 4.79 Å². The van der Waals surface area contributed by atoms with Crippen molar-refractivity contribution in [1.29, 1.82) is 0 Å². The maximum absolute atomic E-state index is 11.8. The van der Waals surface area contributed by atoms with Gasteiger partial charge in [-0.05, 0) is 26.7 Å². The maximum Gasteiger partial charge on any atom is 0.226 e. The molecule has 3 nitrogen and oxygen atoms in total. The molecule has 82 valence electrons. The Morgan fingerprint density at radius 2 is 1.93 bits per heavy atom. The van der Waals surface area contributed by atoms with Crippen molar-refractivity contribution in [2.45, 2.75) is 52.1 Å². The first-order chi connectivity index (χ1) is 6.33. The minimum Gasteiger partial charge on any atom is -0.389 e. The largest absolute Gasteiger partial charge is 0.389 e. The molecule has 0 spiro atoms. The van der Waals surface area contributed by atoms with Crippen LogP contribution in [0, 0.1) is 5.41 Å². The molecule has 0 radical (unpaired) electrons. The summed E-state index contributed by atoms with van der Waals surface area (Å²) in [4.78, 5) is 11.8. The first-order valence-electron chi connectivity index (χ1n) is 5.34. The Labute approximate surface area is 85.9 Å². The van der Waals surface area contributed by atoms with Crippen LogP contribution in [0.25, 0.3) is 0 Å². The van der Waals surface area contributed by atoms with Crippen molar-refractivity contribution in [3.05, 3.63) is 0 Å². The number of nitrogens with one attached hydrogen (secondary N) is 1. The topological polar surface area (TPSA) is 49.3 Å². The highest BCUT2D eigenvalue weighted by Crippen LogP contribution is 2.37. The van der Waals surface area contributed by atoms with Crippen LogP contribution >= 0.6 is 0 Å². The molecule has 1 rings (SSSR count). The van der Waals surface area contributed by atoms with Crippen molar-refractivity contribution in [2.24, 2.45) is 5.41 Å². The average Bonchev–Trinajstić information content (AvgIpc) is 2.48. The summed E-state index contributed by atoms with van der Waals surface area (Å²) in [6.45, 7) is 5.75. The molecule has 14 heavy (non-hydrogen) atoms. The summed E-state index contributed by atoms with van der Waals surface area (Å²) in [5, 5.41) is 12.3. The quantitative estimate of drug-likeness (QED) is 0.723. The van der Waals surface area contributed by atoms with Crippen LogP contribution in [0.3, 0.4) is 0 Å². The summed E-state index contributed by atoms with van der Waals surface area (Å²) in [6, 6.07) is 0. The molecule has 0 heterocycles. The van der Waals surface area contributed by atoms with Crippen LogP contribution in [0.15, 0.2) is 0 Å². The molecular weight excluding hydrogens is 178 g/mol. The second-order valence-electron chi connectivity index (χ2n) is 5.26. The van der Waals surface area contributed by atoms with Gasteiger partial charge >= 0.3 is 0 Å². The van der Waals surface area contributed by atoms with Crippen LogP contribution in [-0.4, -0.2) is 23.2 Å². The van der Waals surface area contributed by atoms with Crippen molar-refractivity contribution in [1.82, 2.24) is 5.32 Å². The van der Waals surface area contributed by atoms with Gasteiger partial charge in [0.05, 0.1) is 5.60 Å². The smallest absolute Gasteiger partial charge is 0.226 e. The van der Waals surface area contributed by atoms with E-state index >= 15 is 0 Å². The number of carbonyl (C=O) groups is 1. The standard InChI is InChI=1S/C11H21NO2/c1-10(2,14)8-12-9(13)11(3)6-4-5-7-11/h14H,4-8H2,1-3H3,(H,12,13). The molecule has 0 aromatic rings. The first kappa shape index (κ1) is 11.5. The number of rotatable bonds is 3. The molecule has 1 fully saturated rings. The summed E-state index contributed by atoms with van der Waals surface area (Å²) in [5.74, 6) is 0.0946. The molecule has 0 aromatic heterocycles. The van der Waals surface area contributed by atoms with Crippen LogP contribution in [0.5, 0.6) is 0 Å². The van der Waals surface area contributed by atoms with Gasteiger partial charge in [0.1, 0.15) is 0 Å². The predicted octanol–water partition coefficient (Wildman–Crippen LogP) is 1.45. The minimum absolute atomic E-state index is 0.0946. The first-order valence-corrected chi connectivity index (χ1v) is 5.34. The van der Waals surface area contributed by atoms with E-state index in [0.29, 0.717) is 6.54 Å². The van der Waals surface area contributed by atoms with E-state index in [1.165, 1.54) is 0 Å². The van der Waals surface area contributed by atoms with Gasteiger partial charge < -0.3 is 10.4 Å². The van der Waals surface area contributed by atoms with Gasteiger partial charge in [-0.15, -0.1) is 0 Å². The van der Waals surface area contributed by atoms with E-state index in [0.717, 1.165) is 25.7 Å². The maximum atomic E-state index is 11.8. The summed E-state index contributed by atoms with van der Waals surface area (Å²) in [7, 11) is 0. The molecule has 3 heteroatoms. The predicted molar refractivity (Wildman–Crippen MR) is 55.9 cm³/mol. The fourth-order valence-corrected chi connectivity index (χ4v) is 1.89. The number of carbonyl (C=O) groups excluding carboxylic acids is 1. The third-order valence-electron chi connectivity index (χ3n) is 2.94. The highest BCUT2D eigenvalue weighted by molar-refractivity contribution is 5.82. The van der Waals surface area contributed by atoms with Gasteiger partial charge in [-0.2, -0.15) is 0 Å². The lowest BCUT2D eigenvalue weighted by Gasteiger charge is -2.25. The summed E-state index contributed by atoms with van der Waals surface area (Å²) in [6.07, 6.45) is 4.24. The third-order valence-corrected chi connectivity index (χ3v) is 2.94. The summed E-state index contributed by atoms with van der Waals surface area (Å²) in [5.41, 5.74) is -1.00. The SMILES string of the molecule is CC(C)(O)CNC(=O)C1(C)CCCC1. The zero-order valence-corrected chi connectivity index (χ0v) is 9.39. The van der Waals surface area contributed by atoms with E-state index in [1.807, 2.05) is 6.92 Å². The van der Waals surface area contributed by atoms with E-state index in [4.69, 9.17) is 0 Å². The lowest BCUT2D eigenvalue weighted by molar-refractivity contribution is -0.130. The molecule has 1 aliphatic carbocycles. The minimum atomic E-state index is -0.815. The third kappa shape index (κ3) is 2.98. The lowest BCUT2D eigenvalue weighted by Crippen LogP contribution is -2.44. The van der Waals surface area contributed by atoms with Crippen molar-refractivity contribution < 1.29 is 9.90 Å². The molecular formula is C11H21NO2. The van der Waals surface area contributed by atoms with Crippen molar-refractivity contribution in [3.63, 3.8) is 0 Å². The zero-order valence-electron chi connectivity index (χ0n) is 9.39. The van der Waals surface area contributed by atoms with Gasteiger partial charge in [-0.3, -0.25) is 4.79 Å². The number of hydrogen-bond donors (Lipinski definition) is 2. The zero-order chi connectivity index (χ0) is 10.8. The molecule has 0 bridgehead atoms. The fourth-order valence-electron chi connectivity index (χ4n) is 1.89. The molecule has 1 amide bonds. The Morgan fingerprint density at radius 1 is 1.43 bits per heavy atom. The highest BCUT2D eigenvalue weighted by atomic mass is 16.3. The molecule has 0 aromatic carbocycles. The summed E-state index contributed by atoms with van der Waals surface area (Å²) < 4.78 is 0. The second-order valence-corrected chi connectivity index (χ2v) is 5.26. The van der Waals surface area contributed by atoms with E-state index in [9.17, 15) is 9.90 Å². The monoisotopic (exact) mass is 199 g/mol. The Bertz CT molecular complexity index is 212. The van der Waals surface area contributed by atoms with Gasteiger partial charge in [0.2, 0.25) is 5.91 Å². The van der Waals surface area contributed by atoms with E-state index < -0.39 is 5.60 Å². The average molecular weight is 199 g/mol. The second kappa shape index (κ2) is 3.89. The number of amides is 1. The van der Waals surface area contributed by atoms with Gasteiger partial charge in [-0.25, -0.2) is 0 Å². The van der Waals surface area contributed by atoms with Crippen LogP contribution in [0.2, 0.25) is 0 Å². The van der Waals surface area contributed by atoms with Crippen molar-refractivity contribution >= 4 is 5.91 Å². The lowest BCUT2D eigenvalue weighted by atomic mass is 9.87. The Balaban J connectivity index is 2.42. The van der Waals surface area contributed by atoms with Crippen molar-refractivity contribution in [3.8, 4) is 0 Å². The van der Waals surface area contributed by atoms with Gasteiger partial charge in [0.15, 0.2) is 0 Å². The van der Waals surface area contributed by atoms with E-state index in [-0.39, 0.29) is 11.3 Å². The van der Waals surface area contributed by atoms with Crippen LogP contribution < -0.4 is 5.32 Å². The van der Waals surface area contributed by atoms with E-state index in [1.54, 1.807) is 13.8 Å². The fraction of sp³-hybridized carbons (Fsp3) is 0.909. The van der Waals surface area contributed by atoms with Crippen LogP contribution in [0.4, 0.5) is 0 Å². The van der Waals surface area contributed by atoms with Crippen LogP contribution in [0.1, 0.15) is 46.5 Å². The molecule has 1 aliphatic rings. The Kier molecular flexibility index (Phi) is 3.20. The Hall–Kier alpha value is -0.570. The van der Waals surface area contributed by atoms with E-state index in [2.05, 4.69) is 5.32 Å². The van der Waals surface area contributed by atoms with Crippen molar-refractivity contribution in [2.75, 3.05) is 6.54 Å². The molecule has 2 N–H and O–H groups in total. The summed E-state index contributed by atoms with van der Waals surface area (Å²) >= 11 is 0. The van der Waals surface area contributed by atoms with Gasteiger partial charge in [-0.1, -0.05) is 19.8 Å². The molecule has 0 unspecified atom stereocenters. The normalized spacial score (nSPS) is 20.9. The molecule has 1 saturated carbocycles. The van der Waals surface area contributed by atoms with Gasteiger partial charge in [0.25, 0.3) is 0 Å². The Morgan fingerprint density at radius 3 is 2.36 bits per heavy atom. The molecule has 0 aliphatic heterocycles. The molecule has 0 atom stereocenters.